The highest BCUT2D eigenvalue weighted by Gasteiger charge is 2.18. The van der Waals surface area contributed by atoms with E-state index in [0.29, 0.717) is 12.8 Å². The Morgan fingerprint density at radius 1 is 1.53 bits per heavy atom. The van der Waals surface area contributed by atoms with Crippen molar-refractivity contribution in [3.8, 4) is 0 Å². The predicted molar refractivity (Wildman–Crippen MR) is 68.6 cm³/mol. The van der Waals surface area contributed by atoms with Gasteiger partial charge in [-0.3, -0.25) is 4.79 Å². The highest BCUT2D eigenvalue weighted by atomic mass is 16.1. The molecular formula is C13H23N3O. The summed E-state index contributed by atoms with van der Waals surface area (Å²) in [7, 11) is 1.89. The van der Waals surface area contributed by atoms with Crippen LogP contribution in [0.1, 0.15) is 39.4 Å². The van der Waals surface area contributed by atoms with E-state index < -0.39 is 0 Å². The smallest absolute Gasteiger partial charge is 0.141 e. The van der Waals surface area contributed by atoms with Crippen molar-refractivity contribution in [3.63, 3.8) is 0 Å². The van der Waals surface area contributed by atoms with Gasteiger partial charge in [-0.15, -0.1) is 0 Å². The molecule has 1 unspecified atom stereocenters. The van der Waals surface area contributed by atoms with E-state index in [-0.39, 0.29) is 17.2 Å². The number of ketones is 1. The Bertz CT molecular complexity index is 376. The molecule has 1 atom stereocenters. The molecule has 0 aliphatic heterocycles. The van der Waals surface area contributed by atoms with Crippen molar-refractivity contribution < 1.29 is 4.79 Å². The molecule has 0 aliphatic rings. The SMILES string of the molecule is Cn1ccnc1CC(=O)CC(N)CC(C)(C)C. The molecule has 0 spiro atoms. The summed E-state index contributed by atoms with van der Waals surface area (Å²) in [6, 6.07) is -0.0530. The number of rotatable bonds is 5. The predicted octanol–water partition coefficient (Wildman–Crippen LogP) is 1.69. The van der Waals surface area contributed by atoms with Crippen LogP contribution in [0.3, 0.4) is 0 Å². The second-order valence-corrected chi connectivity index (χ2v) is 5.90. The zero-order chi connectivity index (χ0) is 13.1. The lowest BCUT2D eigenvalue weighted by atomic mass is 9.86. The molecule has 0 aliphatic carbocycles. The molecule has 2 N–H and O–H groups in total. The van der Waals surface area contributed by atoms with Gasteiger partial charge >= 0.3 is 0 Å². The van der Waals surface area contributed by atoms with E-state index in [9.17, 15) is 4.79 Å². The third-order valence-corrected chi connectivity index (χ3v) is 2.64. The molecule has 1 aromatic heterocycles. The van der Waals surface area contributed by atoms with E-state index >= 15 is 0 Å². The number of aryl methyl sites for hydroxylation is 1. The van der Waals surface area contributed by atoms with Gasteiger partial charge in [-0.2, -0.15) is 0 Å². The van der Waals surface area contributed by atoms with Crippen LogP contribution in [0.2, 0.25) is 0 Å². The standard InChI is InChI=1S/C13H23N3O/c1-13(2,3)9-10(14)7-11(17)8-12-15-5-6-16(12)4/h5-6,10H,7-9,14H2,1-4H3. The molecule has 0 fully saturated rings. The van der Waals surface area contributed by atoms with Crippen molar-refractivity contribution in [2.75, 3.05) is 0 Å². The summed E-state index contributed by atoms with van der Waals surface area (Å²) in [5, 5.41) is 0. The summed E-state index contributed by atoms with van der Waals surface area (Å²) in [6.07, 6.45) is 5.22. The van der Waals surface area contributed by atoms with Crippen LogP contribution in [0.4, 0.5) is 0 Å². The minimum atomic E-state index is -0.0530. The average Bonchev–Trinajstić information content (AvgIpc) is 2.47. The lowest BCUT2D eigenvalue weighted by Crippen LogP contribution is -2.29. The van der Waals surface area contributed by atoms with Crippen molar-refractivity contribution in [1.82, 2.24) is 9.55 Å². The van der Waals surface area contributed by atoms with Crippen molar-refractivity contribution in [2.45, 2.75) is 46.1 Å². The normalized spacial score (nSPS) is 13.7. The first-order valence-corrected chi connectivity index (χ1v) is 6.01. The third kappa shape index (κ3) is 5.13. The lowest BCUT2D eigenvalue weighted by molar-refractivity contribution is -0.119. The molecule has 1 aromatic rings. The Morgan fingerprint density at radius 3 is 2.65 bits per heavy atom. The number of aromatic nitrogens is 2. The van der Waals surface area contributed by atoms with E-state index in [1.54, 1.807) is 6.20 Å². The molecule has 1 rings (SSSR count). The molecule has 4 heteroatoms. The van der Waals surface area contributed by atoms with E-state index in [1.807, 2.05) is 17.8 Å². The summed E-state index contributed by atoms with van der Waals surface area (Å²) in [5.41, 5.74) is 6.15. The van der Waals surface area contributed by atoms with Crippen LogP contribution in [0, 0.1) is 5.41 Å². The number of nitrogens with zero attached hydrogens (tertiary/aromatic N) is 2. The minimum Gasteiger partial charge on any atom is -0.338 e. The van der Waals surface area contributed by atoms with E-state index in [0.717, 1.165) is 12.2 Å². The Labute approximate surface area is 103 Å². The first kappa shape index (κ1) is 13.9. The van der Waals surface area contributed by atoms with Crippen LogP contribution in [0.25, 0.3) is 0 Å². The van der Waals surface area contributed by atoms with Crippen LogP contribution in [0.5, 0.6) is 0 Å². The molecule has 0 aromatic carbocycles. The van der Waals surface area contributed by atoms with Crippen LogP contribution < -0.4 is 5.73 Å². The summed E-state index contributed by atoms with van der Waals surface area (Å²) >= 11 is 0. The number of imidazole rings is 1. The Kier molecular flexibility index (Phi) is 4.46. The summed E-state index contributed by atoms with van der Waals surface area (Å²) < 4.78 is 1.87. The summed E-state index contributed by atoms with van der Waals surface area (Å²) in [5.74, 6) is 0.967. The van der Waals surface area contributed by atoms with Crippen LogP contribution >= 0.6 is 0 Å². The van der Waals surface area contributed by atoms with Gasteiger partial charge in [0.2, 0.25) is 0 Å². The molecule has 0 saturated carbocycles. The van der Waals surface area contributed by atoms with E-state index in [1.165, 1.54) is 0 Å². The topological polar surface area (TPSA) is 60.9 Å². The maximum atomic E-state index is 11.8. The average molecular weight is 237 g/mol. The van der Waals surface area contributed by atoms with Gasteiger partial charge in [0.05, 0.1) is 6.42 Å². The molecular weight excluding hydrogens is 214 g/mol. The molecule has 4 nitrogen and oxygen atoms in total. The minimum absolute atomic E-state index is 0.0530. The monoisotopic (exact) mass is 237 g/mol. The first-order chi connectivity index (χ1) is 7.78. The van der Waals surface area contributed by atoms with Gasteiger partial charge in [0.25, 0.3) is 0 Å². The molecule has 0 amide bonds. The zero-order valence-electron chi connectivity index (χ0n) is 11.2. The highest BCUT2D eigenvalue weighted by Crippen LogP contribution is 2.21. The second kappa shape index (κ2) is 5.45. The van der Waals surface area contributed by atoms with Gasteiger partial charge < -0.3 is 10.3 Å². The number of hydrogen-bond donors (Lipinski definition) is 1. The first-order valence-electron chi connectivity index (χ1n) is 6.01. The highest BCUT2D eigenvalue weighted by molar-refractivity contribution is 5.80. The van der Waals surface area contributed by atoms with Crippen LogP contribution in [0.15, 0.2) is 12.4 Å². The summed E-state index contributed by atoms with van der Waals surface area (Å²) in [4.78, 5) is 16.0. The number of carbonyl (C=O) groups excluding carboxylic acids is 1. The molecule has 17 heavy (non-hydrogen) atoms. The molecule has 0 radical (unpaired) electrons. The van der Waals surface area contributed by atoms with Gasteiger partial charge in [-0.05, 0) is 11.8 Å². The number of hydrogen-bond acceptors (Lipinski definition) is 3. The van der Waals surface area contributed by atoms with Gasteiger partial charge in [-0.1, -0.05) is 20.8 Å². The van der Waals surface area contributed by atoms with E-state index in [2.05, 4.69) is 25.8 Å². The van der Waals surface area contributed by atoms with Gasteiger partial charge in [-0.25, -0.2) is 4.98 Å². The fraction of sp³-hybridized carbons (Fsp3) is 0.692. The fourth-order valence-corrected chi connectivity index (χ4v) is 1.97. The maximum absolute atomic E-state index is 11.8. The maximum Gasteiger partial charge on any atom is 0.141 e. The summed E-state index contributed by atoms with van der Waals surface area (Å²) in [6.45, 7) is 6.41. The Morgan fingerprint density at radius 2 is 2.18 bits per heavy atom. The zero-order valence-corrected chi connectivity index (χ0v) is 11.2. The van der Waals surface area contributed by atoms with Crippen molar-refractivity contribution in [1.29, 1.82) is 0 Å². The molecule has 96 valence electrons. The molecule has 0 bridgehead atoms. The lowest BCUT2D eigenvalue weighted by Gasteiger charge is -2.22. The quantitative estimate of drug-likeness (QED) is 0.847. The van der Waals surface area contributed by atoms with Crippen molar-refractivity contribution in [2.24, 2.45) is 18.2 Å². The van der Waals surface area contributed by atoms with Crippen LogP contribution in [-0.2, 0) is 18.3 Å². The molecule has 0 saturated heterocycles. The Balaban J connectivity index is 2.43. The third-order valence-electron chi connectivity index (χ3n) is 2.64. The Hall–Kier alpha value is -1.16. The van der Waals surface area contributed by atoms with Crippen molar-refractivity contribution in [3.05, 3.63) is 18.2 Å². The largest absolute Gasteiger partial charge is 0.338 e. The number of carbonyl (C=O) groups is 1. The van der Waals surface area contributed by atoms with Gasteiger partial charge in [0.15, 0.2) is 0 Å². The van der Waals surface area contributed by atoms with E-state index in [4.69, 9.17) is 5.73 Å². The van der Waals surface area contributed by atoms with Crippen LogP contribution in [-0.4, -0.2) is 21.4 Å². The molecule has 1 heterocycles. The van der Waals surface area contributed by atoms with Gasteiger partial charge in [0, 0.05) is 31.9 Å². The fourth-order valence-electron chi connectivity index (χ4n) is 1.97. The van der Waals surface area contributed by atoms with Gasteiger partial charge in [0.1, 0.15) is 11.6 Å². The number of nitrogens with two attached hydrogens (primary N) is 1. The number of Topliss-reactive ketones (excluding diaryl/α,β-unsaturated/α-hetero) is 1. The van der Waals surface area contributed by atoms with Crippen molar-refractivity contribution >= 4 is 5.78 Å². The second-order valence-electron chi connectivity index (χ2n) is 5.90.